The molecule has 1 saturated heterocycles. The molecule has 1 unspecified atom stereocenters. The Hall–Kier alpha value is -1.83. The number of aromatic nitrogens is 3. The monoisotopic (exact) mass is 378 g/mol. The maximum absolute atomic E-state index is 11.8. The number of aliphatic hydroxyl groups excluding tert-OH is 3. The number of aliphatic hydroxyl groups is 3. The van der Waals surface area contributed by atoms with Gasteiger partial charge in [-0.15, -0.1) is 0 Å². The summed E-state index contributed by atoms with van der Waals surface area (Å²) in [5.41, 5.74) is 5.16. The number of hydrogen-bond donors (Lipinski definition) is 7. The maximum atomic E-state index is 11.8. The summed E-state index contributed by atoms with van der Waals surface area (Å²) < 4.78 is 21.3. The number of phosphoric ester groups is 1. The summed E-state index contributed by atoms with van der Waals surface area (Å²) in [7, 11) is -5.06. The Morgan fingerprint density at radius 3 is 2.72 bits per heavy atom. The number of phosphoric acid groups is 1. The van der Waals surface area contributed by atoms with Crippen molar-refractivity contribution in [1.82, 2.24) is 14.5 Å². The van der Waals surface area contributed by atoms with Gasteiger partial charge in [-0.05, 0) is 0 Å². The minimum Gasteiger partial charge on any atom is -0.387 e. The Kier molecular flexibility index (Phi) is 4.43. The van der Waals surface area contributed by atoms with Crippen molar-refractivity contribution in [3.63, 3.8) is 0 Å². The number of aromatic amines is 1. The number of anilines is 1. The molecule has 14 heteroatoms. The molecule has 8 N–H and O–H groups in total. The predicted octanol–water partition coefficient (Wildman–Crippen LogP) is -2.65. The van der Waals surface area contributed by atoms with Crippen LogP contribution in [0.4, 0.5) is 5.82 Å². The first kappa shape index (κ1) is 18.0. The molecular weight excluding hydrogens is 363 g/mol. The van der Waals surface area contributed by atoms with E-state index in [1.807, 2.05) is 0 Å². The zero-order valence-corrected chi connectivity index (χ0v) is 13.2. The van der Waals surface area contributed by atoms with Gasteiger partial charge in [0.1, 0.15) is 24.1 Å². The Balaban J connectivity index is 1.94. The molecule has 0 radical (unpaired) electrons. The summed E-state index contributed by atoms with van der Waals surface area (Å²) in [5.74, 6) is 0.0219. The number of nitrogens with one attached hydrogen (secondary N) is 1. The highest BCUT2D eigenvalue weighted by atomic mass is 31.2. The summed E-state index contributed by atoms with van der Waals surface area (Å²) in [6.07, 6.45) is -7.39. The van der Waals surface area contributed by atoms with Crippen molar-refractivity contribution in [2.45, 2.75) is 30.8 Å². The molecule has 0 spiro atoms. The Morgan fingerprint density at radius 1 is 1.40 bits per heavy atom. The Labute approximate surface area is 138 Å². The lowest BCUT2D eigenvalue weighted by atomic mass is 10.1. The third kappa shape index (κ3) is 3.31. The van der Waals surface area contributed by atoms with Crippen LogP contribution in [0, 0.1) is 0 Å². The van der Waals surface area contributed by atoms with Crippen LogP contribution in [0.25, 0.3) is 11.0 Å². The van der Waals surface area contributed by atoms with E-state index in [-0.39, 0.29) is 16.9 Å². The van der Waals surface area contributed by atoms with E-state index in [2.05, 4.69) is 14.5 Å². The van der Waals surface area contributed by atoms with Crippen molar-refractivity contribution in [2.75, 3.05) is 5.73 Å². The van der Waals surface area contributed by atoms with Gasteiger partial charge in [0.05, 0.1) is 11.8 Å². The molecule has 1 aliphatic heterocycles. The average Bonchev–Trinajstić information content (AvgIpc) is 3.00. The SMILES string of the molecule is Nc1cc2c(ncn2[C@@H]2O[C@H](C(O)OP(=O)(O)O)[C@@H](O)[C@H]2O)c(=O)[nH]1. The zero-order chi connectivity index (χ0) is 18.5. The van der Waals surface area contributed by atoms with Gasteiger partial charge in [0.25, 0.3) is 5.56 Å². The molecule has 0 aromatic carbocycles. The number of nitrogens with zero attached hydrogens (tertiary/aromatic N) is 2. The normalized spacial score (nSPS) is 28.5. The average molecular weight is 378 g/mol. The second kappa shape index (κ2) is 6.16. The topological polar surface area (TPSA) is 213 Å². The quantitative estimate of drug-likeness (QED) is 0.215. The number of imidazole rings is 1. The highest BCUT2D eigenvalue weighted by Gasteiger charge is 2.49. The first-order valence-electron chi connectivity index (χ1n) is 6.87. The molecule has 3 rings (SSSR count). The van der Waals surface area contributed by atoms with Crippen LogP contribution in [0.3, 0.4) is 0 Å². The van der Waals surface area contributed by atoms with Crippen molar-refractivity contribution in [3.8, 4) is 0 Å². The highest BCUT2D eigenvalue weighted by molar-refractivity contribution is 7.46. The third-order valence-corrected chi connectivity index (χ3v) is 4.16. The van der Waals surface area contributed by atoms with Gasteiger partial charge in [0.2, 0.25) is 0 Å². The second-order valence-electron chi connectivity index (χ2n) is 5.40. The molecule has 1 fully saturated rings. The summed E-state index contributed by atoms with van der Waals surface area (Å²) in [4.78, 5) is 35.4. The maximum Gasteiger partial charge on any atom is 0.472 e. The van der Waals surface area contributed by atoms with Crippen LogP contribution in [0.2, 0.25) is 0 Å². The van der Waals surface area contributed by atoms with Crippen LogP contribution in [-0.4, -0.2) is 64.2 Å². The van der Waals surface area contributed by atoms with Gasteiger partial charge in [-0.2, -0.15) is 0 Å². The molecule has 0 bridgehead atoms. The highest BCUT2D eigenvalue weighted by Crippen LogP contribution is 2.41. The summed E-state index contributed by atoms with van der Waals surface area (Å²) in [6.45, 7) is 0. The molecule has 13 nitrogen and oxygen atoms in total. The van der Waals surface area contributed by atoms with E-state index in [9.17, 15) is 24.7 Å². The van der Waals surface area contributed by atoms with E-state index in [4.69, 9.17) is 20.3 Å². The minimum absolute atomic E-state index is 0.00467. The lowest BCUT2D eigenvalue weighted by Crippen LogP contribution is -2.39. The number of fused-ring (bicyclic) bond motifs is 1. The van der Waals surface area contributed by atoms with Gasteiger partial charge in [-0.3, -0.25) is 9.32 Å². The lowest BCUT2D eigenvalue weighted by molar-refractivity contribution is -0.160. The van der Waals surface area contributed by atoms with E-state index in [1.54, 1.807) is 0 Å². The van der Waals surface area contributed by atoms with Gasteiger partial charge < -0.3 is 45.1 Å². The molecule has 2 aromatic rings. The van der Waals surface area contributed by atoms with E-state index in [0.717, 1.165) is 6.33 Å². The molecule has 2 aromatic heterocycles. The number of H-pyrrole nitrogens is 1. The van der Waals surface area contributed by atoms with Crippen LogP contribution >= 0.6 is 7.82 Å². The number of pyridine rings is 1. The first-order valence-corrected chi connectivity index (χ1v) is 8.40. The number of nitrogens with two attached hydrogens (primary N) is 1. The van der Waals surface area contributed by atoms with Gasteiger partial charge in [-0.1, -0.05) is 0 Å². The molecular formula is C11H15N4O9P. The van der Waals surface area contributed by atoms with E-state index >= 15 is 0 Å². The van der Waals surface area contributed by atoms with Gasteiger partial charge in [0, 0.05) is 6.07 Å². The lowest BCUT2D eigenvalue weighted by Gasteiger charge is -2.21. The first-order chi connectivity index (χ1) is 11.6. The predicted molar refractivity (Wildman–Crippen MR) is 79.8 cm³/mol. The molecule has 0 saturated carbocycles. The minimum atomic E-state index is -5.06. The summed E-state index contributed by atoms with van der Waals surface area (Å²) in [6, 6.07) is 1.35. The Morgan fingerprint density at radius 2 is 2.08 bits per heavy atom. The fourth-order valence-electron chi connectivity index (χ4n) is 2.62. The summed E-state index contributed by atoms with van der Waals surface area (Å²) >= 11 is 0. The zero-order valence-electron chi connectivity index (χ0n) is 12.3. The molecule has 0 amide bonds. The van der Waals surface area contributed by atoms with Crippen molar-refractivity contribution >= 4 is 24.7 Å². The van der Waals surface area contributed by atoms with Crippen LogP contribution < -0.4 is 11.3 Å². The van der Waals surface area contributed by atoms with Gasteiger partial charge in [-0.25, -0.2) is 9.55 Å². The number of ether oxygens (including phenoxy) is 1. The smallest absolute Gasteiger partial charge is 0.387 e. The van der Waals surface area contributed by atoms with E-state index < -0.39 is 44.2 Å². The van der Waals surface area contributed by atoms with Crippen LogP contribution in [-0.2, 0) is 13.8 Å². The van der Waals surface area contributed by atoms with Gasteiger partial charge in [0.15, 0.2) is 18.0 Å². The van der Waals surface area contributed by atoms with Crippen LogP contribution in [0.5, 0.6) is 0 Å². The molecule has 3 heterocycles. The van der Waals surface area contributed by atoms with Gasteiger partial charge >= 0.3 is 7.82 Å². The molecule has 1 aliphatic rings. The van der Waals surface area contributed by atoms with Crippen molar-refractivity contribution < 1.29 is 38.9 Å². The van der Waals surface area contributed by atoms with Crippen molar-refractivity contribution in [2.24, 2.45) is 0 Å². The largest absolute Gasteiger partial charge is 0.472 e. The number of nitrogen functional groups attached to an aromatic ring is 1. The molecule has 138 valence electrons. The van der Waals surface area contributed by atoms with Crippen LogP contribution in [0.15, 0.2) is 17.2 Å². The number of hydrogen-bond acceptors (Lipinski definition) is 9. The molecule has 25 heavy (non-hydrogen) atoms. The van der Waals surface area contributed by atoms with Crippen molar-refractivity contribution in [3.05, 3.63) is 22.7 Å². The Bertz CT molecular complexity index is 891. The van der Waals surface area contributed by atoms with Crippen LogP contribution in [0.1, 0.15) is 6.23 Å². The molecule has 5 atom stereocenters. The number of rotatable bonds is 4. The standard InChI is InChI=1S/C11H15N4O9P/c12-4-1-3-5(9(18)14-4)13-2-15(3)10-7(17)6(16)8(23-10)11(19)24-25(20,21)22/h1-2,6-8,10-11,16-17,19H,(H3,12,14,18)(H2,20,21,22)/t6-,7+,8-,10+,11?/m0/s1. The fraction of sp³-hybridized carbons (Fsp3) is 0.455. The molecule has 0 aliphatic carbocycles. The van der Waals surface area contributed by atoms with Crippen molar-refractivity contribution in [1.29, 1.82) is 0 Å². The fourth-order valence-corrected chi connectivity index (χ4v) is 3.02. The summed E-state index contributed by atoms with van der Waals surface area (Å²) in [5, 5.41) is 29.8. The third-order valence-electron chi connectivity index (χ3n) is 3.67. The van der Waals surface area contributed by atoms with E-state index in [0.29, 0.717) is 0 Å². The second-order valence-corrected chi connectivity index (χ2v) is 6.59. The van der Waals surface area contributed by atoms with E-state index in [1.165, 1.54) is 10.6 Å².